The van der Waals surface area contributed by atoms with Gasteiger partial charge in [0.05, 0.1) is 12.2 Å². The minimum Gasteiger partial charge on any atom is -0.481 e. The van der Waals surface area contributed by atoms with Crippen molar-refractivity contribution in [3.05, 3.63) is 11.6 Å². The van der Waals surface area contributed by atoms with Crippen LogP contribution in [0.15, 0.2) is 11.6 Å². The number of aliphatic hydroxyl groups is 2. The Bertz CT molecular complexity index is 919. The fourth-order valence-electron chi connectivity index (χ4n) is 10.7. The van der Waals surface area contributed by atoms with Crippen molar-refractivity contribution >= 4 is 5.97 Å². The second-order valence-corrected chi connectivity index (χ2v) is 15.2. The molecule has 0 bridgehead atoms. The first-order valence-electron chi connectivity index (χ1n) is 13.9. The molecule has 34 heavy (non-hydrogen) atoms. The molecule has 0 aromatic carbocycles. The largest absolute Gasteiger partial charge is 0.481 e. The zero-order chi connectivity index (χ0) is 25.1. The predicted octanol–water partition coefficient (Wildman–Crippen LogP) is 6.20. The normalized spacial score (nSPS) is 53.4. The Morgan fingerprint density at radius 3 is 2.18 bits per heavy atom. The van der Waals surface area contributed by atoms with Crippen molar-refractivity contribution in [1.29, 1.82) is 0 Å². The van der Waals surface area contributed by atoms with Crippen LogP contribution in [0.1, 0.15) is 106 Å². The number of hydrogen-bond donors (Lipinski definition) is 3. The fourth-order valence-corrected chi connectivity index (χ4v) is 10.7. The summed E-state index contributed by atoms with van der Waals surface area (Å²) in [5.41, 5.74) is 0.295. The summed E-state index contributed by atoms with van der Waals surface area (Å²) in [7, 11) is 0. The zero-order valence-electron chi connectivity index (χ0n) is 22.6. The summed E-state index contributed by atoms with van der Waals surface area (Å²) in [6.45, 7) is 16.4. The van der Waals surface area contributed by atoms with Gasteiger partial charge in [0, 0.05) is 0 Å². The lowest BCUT2D eigenvalue weighted by Gasteiger charge is -2.71. The highest BCUT2D eigenvalue weighted by Gasteiger charge is 2.71. The van der Waals surface area contributed by atoms with E-state index in [0.29, 0.717) is 24.7 Å². The van der Waals surface area contributed by atoms with Crippen molar-refractivity contribution in [2.24, 2.45) is 50.2 Å². The monoisotopic (exact) mass is 472 g/mol. The third-order valence-corrected chi connectivity index (χ3v) is 13.1. The van der Waals surface area contributed by atoms with E-state index in [-0.39, 0.29) is 39.1 Å². The number of rotatable bonds is 1. The Kier molecular flexibility index (Phi) is 5.20. The van der Waals surface area contributed by atoms with Gasteiger partial charge >= 0.3 is 5.97 Å². The Labute approximate surface area is 206 Å². The van der Waals surface area contributed by atoms with Gasteiger partial charge in [0.15, 0.2) is 0 Å². The van der Waals surface area contributed by atoms with E-state index in [1.165, 1.54) is 5.57 Å². The van der Waals surface area contributed by atoms with Gasteiger partial charge in [0.1, 0.15) is 5.41 Å². The Morgan fingerprint density at radius 1 is 0.853 bits per heavy atom. The summed E-state index contributed by atoms with van der Waals surface area (Å²) >= 11 is 0. The molecular formula is C30H48O4. The van der Waals surface area contributed by atoms with Crippen LogP contribution in [0.5, 0.6) is 0 Å². The second-order valence-electron chi connectivity index (χ2n) is 15.2. The number of hydrogen-bond acceptors (Lipinski definition) is 3. The molecule has 5 rings (SSSR count). The summed E-state index contributed by atoms with van der Waals surface area (Å²) in [5, 5.41) is 33.1. The number of carboxylic acids is 1. The van der Waals surface area contributed by atoms with Crippen LogP contribution < -0.4 is 0 Å². The van der Waals surface area contributed by atoms with Gasteiger partial charge in [0.2, 0.25) is 0 Å². The van der Waals surface area contributed by atoms with Gasteiger partial charge in [-0.1, -0.05) is 60.1 Å². The van der Waals surface area contributed by atoms with Crippen molar-refractivity contribution in [3.63, 3.8) is 0 Å². The summed E-state index contributed by atoms with van der Waals surface area (Å²) in [6.07, 6.45) is 9.35. The lowest BCUT2D eigenvalue weighted by atomic mass is 9.33. The number of carboxylic acid groups (broad SMARTS) is 1. The van der Waals surface area contributed by atoms with Gasteiger partial charge in [0.25, 0.3) is 0 Å². The maximum absolute atomic E-state index is 12.8. The molecule has 0 aromatic rings. The van der Waals surface area contributed by atoms with E-state index in [4.69, 9.17) is 0 Å². The average molecular weight is 473 g/mol. The molecule has 0 spiro atoms. The molecule has 0 amide bonds. The molecule has 4 fully saturated rings. The van der Waals surface area contributed by atoms with E-state index in [1.54, 1.807) is 0 Å². The smallest absolute Gasteiger partial charge is 0.312 e. The molecular weight excluding hydrogens is 424 g/mol. The van der Waals surface area contributed by atoms with Gasteiger partial charge in [-0.25, -0.2) is 0 Å². The highest BCUT2D eigenvalue weighted by Crippen LogP contribution is 2.75. The topological polar surface area (TPSA) is 77.8 Å². The Morgan fingerprint density at radius 2 is 1.53 bits per heavy atom. The quantitative estimate of drug-likeness (QED) is 0.397. The molecule has 4 saturated carbocycles. The summed E-state index contributed by atoms with van der Waals surface area (Å²) < 4.78 is 0. The molecule has 0 aliphatic heterocycles. The molecule has 0 aromatic heterocycles. The SMILES string of the molecule is CC1(C)CC[C@]2(C(=O)O)[C@H](O)C[C@]3(C)C(=CCC4[C@@]5(C)CC[C@H](O)C(C)(C)C5CC[C@]43C)[C@@H]2C1. The maximum atomic E-state index is 12.8. The first-order chi connectivity index (χ1) is 15.6. The molecule has 0 radical (unpaired) electrons. The molecule has 4 nitrogen and oxygen atoms in total. The maximum Gasteiger partial charge on any atom is 0.312 e. The van der Waals surface area contributed by atoms with Gasteiger partial charge in [-0.2, -0.15) is 0 Å². The predicted molar refractivity (Wildman–Crippen MR) is 134 cm³/mol. The number of aliphatic hydroxyl groups excluding tert-OH is 2. The molecule has 9 atom stereocenters. The van der Waals surface area contributed by atoms with Crippen LogP contribution in [0.4, 0.5) is 0 Å². The number of fused-ring (bicyclic) bond motifs is 7. The summed E-state index contributed by atoms with van der Waals surface area (Å²) in [5.74, 6) is 0.0888. The molecule has 192 valence electrons. The van der Waals surface area contributed by atoms with Crippen molar-refractivity contribution in [2.75, 3.05) is 0 Å². The van der Waals surface area contributed by atoms with Crippen LogP contribution >= 0.6 is 0 Å². The van der Waals surface area contributed by atoms with E-state index < -0.39 is 17.5 Å². The van der Waals surface area contributed by atoms with E-state index in [2.05, 4.69) is 54.5 Å². The number of aliphatic carboxylic acids is 1. The van der Waals surface area contributed by atoms with Crippen molar-refractivity contribution in [2.45, 2.75) is 118 Å². The molecule has 3 N–H and O–H groups in total. The fraction of sp³-hybridized carbons (Fsp3) is 0.900. The lowest BCUT2D eigenvalue weighted by Crippen LogP contribution is -2.67. The van der Waals surface area contributed by atoms with Crippen LogP contribution in [0.25, 0.3) is 0 Å². The lowest BCUT2D eigenvalue weighted by molar-refractivity contribution is -0.218. The minimum absolute atomic E-state index is 0.0218. The summed E-state index contributed by atoms with van der Waals surface area (Å²) in [6, 6.07) is 0. The first-order valence-corrected chi connectivity index (χ1v) is 13.9. The van der Waals surface area contributed by atoms with Crippen LogP contribution in [-0.2, 0) is 4.79 Å². The van der Waals surface area contributed by atoms with Crippen LogP contribution in [0, 0.1) is 50.2 Å². The van der Waals surface area contributed by atoms with Gasteiger partial charge in [-0.15, -0.1) is 0 Å². The zero-order valence-corrected chi connectivity index (χ0v) is 22.6. The number of allylic oxidation sites excluding steroid dienone is 2. The van der Waals surface area contributed by atoms with Gasteiger partial charge < -0.3 is 15.3 Å². The molecule has 5 aliphatic rings. The Balaban J connectivity index is 1.63. The van der Waals surface area contributed by atoms with E-state index >= 15 is 0 Å². The molecule has 2 unspecified atom stereocenters. The third-order valence-electron chi connectivity index (χ3n) is 13.1. The van der Waals surface area contributed by atoms with Crippen LogP contribution in [-0.4, -0.2) is 33.5 Å². The van der Waals surface area contributed by atoms with Crippen LogP contribution in [0.2, 0.25) is 0 Å². The van der Waals surface area contributed by atoms with Crippen molar-refractivity contribution in [1.82, 2.24) is 0 Å². The average Bonchev–Trinajstić information content (AvgIpc) is 2.71. The van der Waals surface area contributed by atoms with E-state index in [9.17, 15) is 20.1 Å². The van der Waals surface area contributed by atoms with E-state index in [1.807, 2.05) is 0 Å². The Hall–Kier alpha value is -0.870. The van der Waals surface area contributed by atoms with Gasteiger partial charge in [-0.3, -0.25) is 4.79 Å². The van der Waals surface area contributed by atoms with Crippen LogP contribution in [0.3, 0.4) is 0 Å². The van der Waals surface area contributed by atoms with Crippen molar-refractivity contribution < 1.29 is 20.1 Å². The highest BCUT2D eigenvalue weighted by atomic mass is 16.4. The van der Waals surface area contributed by atoms with Crippen molar-refractivity contribution in [3.8, 4) is 0 Å². The highest BCUT2D eigenvalue weighted by molar-refractivity contribution is 5.77. The molecule has 4 heteroatoms. The first kappa shape index (κ1) is 24.8. The van der Waals surface area contributed by atoms with E-state index in [0.717, 1.165) is 44.9 Å². The molecule has 5 aliphatic carbocycles. The molecule has 0 heterocycles. The minimum atomic E-state index is -1.04. The second kappa shape index (κ2) is 7.12. The van der Waals surface area contributed by atoms with Gasteiger partial charge in [-0.05, 0) is 103 Å². The summed E-state index contributed by atoms with van der Waals surface area (Å²) in [4.78, 5) is 12.8. The third kappa shape index (κ3) is 2.82. The number of carbonyl (C=O) groups is 1. The standard InChI is InChI=1S/C30H48O4/c1-25(2)14-15-30(24(33)34)19(16-25)18-8-9-21-27(5)12-11-22(31)26(3,4)20(27)10-13-28(21,6)29(18,7)17-23(30)32/h8,19-23,31-32H,9-17H2,1-7H3,(H,33,34)/t19-,20?,21?,22-,23+,27-,28+,29+,30+/m0/s1. The molecule has 0 saturated heterocycles.